The van der Waals surface area contributed by atoms with Gasteiger partial charge in [-0.1, -0.05) is 6.42 Å². The highest BCUT2D eigenvalue weighted by Crippen LogP contribution is 2.21. The van der Waals surface area contributed by atoms with E-state index in [4.69, 9.17) is 14.9 Å². The van der Waals surface area contributed by atoms with Gasteiger partial charge in [-0.3, -0.25) is 4.79 Å². The maximum Gasteiger partial charge on any atom is 0.376 e. The summed E-state index contributed by atoms with van der Waals surface area (Å²) in [4.78, 5) is 26.0. The van der Waals surface area contributed by atoms with Gasteiger partial charge in [-0.2, -0.15) is 0 Å². The number of hydrogen-bond donors (Lipinski definition) is 1. The first-order valence-corrected chi connectivity index (χ1v) is 5.63. The monoisotopic (exact) mass is 238 g/mol. The molecule has 1 saturated carbocycles. The molecule has 6 nitrogen and oxygen atoms in total. The largest absolute Gasteiger partial charge is 0.456 e. The van der Waals surface area contributed by atoms with Crippen molar-refractivity contribution in [2.45, 2.75) is 38.2 Å². The first kappa shape index (κ1) is 11.6. The highest BCUT2D eigenvalue weighted by Gasteiger charge is 2.22. The average Bonchev–Trinajstić information content (AvgIpc) is 2.79. The standard InChI is InChI=1S/C11H14N2O4/c12-9(14)10-13-6-8(17-10)11(15)16-7-4-2-1-3-5-7/h6-7H,1-5H2,(H2,12,14). The van der Waals surface area contributed by atoms with Gasteiger partial charge in [-0.05, 0) is 25.7 Å². The number of nitrogens with zero attached hydrogens (tertiary/aromatic N) is 1. The molecule has 0 unspecified atom stereocenters. The van der Waals surface area contributed by atoms with E-state index in [2.05, 4.69) is 4.98 Å². The molecule has 0 aromatic carbocycles. The van der Waals surface area contributed by atoms with Crippen LogP contribution in [0.4, 0.5) is 0 Å². The molecule has 1 amide bonds. The second-order valence-corrected chi connectivity index (χ2v) is 4.06. The molecule has 1 aromatic heterocycles. The van der Waals surface area contributed by atoms with Gasteiger partial charge in [0.15, 0.2) is 0 Å². The molecular weight excluding hydrogens is 224 g/mol. The van der Waals surface area contributed by atoms with Crippen LogP contribution in [-0.2, 0) is 4.74 Å². The van der Waals surface area contributed by atoms with Gasteiger partial charge in [-0.25, -0.2) is 9.78 Å². The minimum Gasteiger partial charge on any atom is -0.456 e. The maximum absolute atomic E-state index is 11.6. The van der Waals surface area contributed by atoms with Gasteiger partial charge in [0.25, 0.3) is 5.89 Å². The van der Waals surface area contributed by atoms with Crippen molar-refractivity contribution in [2.75, 3.05) is 0 Å². The molecule has 0 spiro atoms. The molecule has 92 valence electrons. The lowest BCUT2D eigenvalue weighted by atomic mass is 9.98. The minimum absolute atomic E-state index is 0.0571. The molecule has 0 aliphatic heterocycles. The summed E-state index contributed by atoms with van der Waals surface area (Å²) in [5.74, 6) is -1.75. The van der Waals surface area contributed by atoms with Crippen LogP contribution in [-0.4, -0.2) is 23.0 Å². The number of aromatic nitrogens is 1. The Morgan fingerprint density at radius 1 is 1.35 bits per heavy atom. The fourth-order valence-electron chi connectivity index (χ4n) is 1.87. The topological polar surface area (TPSA) is 95.4 Å². The Kier molecular flexibility index (Phi) is 3.41. The zero-order chi connectivity index (χ0) is 12.3. The number of hydrogen-bond acceptors (Lipinski definition) is 5. The van der Waals surface area contributed by atoms with E-state index in [0.717, 1.165) is 31.9 Å². The Balaban J connectivity index is 1.96. The summed E-state index contributed by atoms with van der Waals surface area (Å²) in [5.41, 5.74) is 4.96. The van der Waals surface area contributed by atoms with Gasteiger partial charge < -0.3 is 14.9 Å². The van der Waals surface area contributed by atoms with Gasteiger partial charge >= 0.3 is 11.9 Å². The van der Waals surface area contributed by atoms with E-state index in [1.54, 1.807) is 0 Å². The number of carbonyl (C=O) groups excluding carboxylic acids is 2. The van der Waals surface area contributed by atoms with Crippen molar-refractivity contribution in [3.63, 3.8) is 0 Å². The Labute approximate surface area is 98.1 Å². The smallest absolute Gasteiger partial charge is 0.376 e. The van der Waals surface area contributed by atoms with Crippen molar-refractivity contribution in [1.29, 1.82) is 0 Å². The predicted molar refractivity (Wildman–Crippen MR) is 57.3 cm³/mol. The van der Waals surface area contributed by atoms with Crippen molar-refractivity contribution in [3.8, 4) is 0 Å². The minimum atomic E-state index is -0.804. The normalized spacial score (nSPS) is 16.7. The van der Waals surface area contributed by atoms with Crippen molar-refractivity contribution in [3.05, 3.63) is 17.8 Å². The third-order valence-electron chi connectivity index (χ3n) is 2.74. The lowest BCUT2D eigenvalue weighted by Crippen LogP contribution is -2.20. The Morgan fingerprint density at radius 3 is 2.65 bits per heavy atom. The fourth-order valence-corrected chi connectivity index (χ4v) is 1.87. The molecule has 1 aromatic rings. The number of carbonyl (C=O) groups is 2. The van der Waals surface area contributed by atoms with Crippen LogP contribution < -0.4 is 5.73 Å². The highest BCUT2D eigenvalue weighted by molar-refractivity contribution is 5.90. The zero-order valence-electron chi connectivity index (χ0n) is 9.35. The van der Waals surface area contributed by atoms with E-state index in [1.165, 1.54) is 6.42 Å². The van der Waals surface area contributed by atoms with E-state index in [1.807, 2.05) is 0 Å². The molecule has 17 heavy (non-hydrogen) atoms. The van der Waals surface area contributed by atoms with Crippen LogP contribution in [0.1, 0.15) is 53.3 Å². The third-order valence-corrected chi connectivity index (χ3v) is 2.74. The van der Waals surface area contributed by atoms with Crippen LogP contribution in [0.15, 0.2) is 10.6 Å². The summed E-state index contributed by atoms with van der Waals surface area (Å²) >= 11 is 0. The van der Waals surface area contributed by atoms with Gasteiger partial charge in [0.05, 0.1) is 6.20 Å². The molecule has 0 atom stereocenters. The van der Waals surface area contributed by atoms with Crippen molar-refractivity contribution in [2.24, 2.45) is 5.73 Å². The Morgan fingerprint density at radius 2 is 2.06 bits per heavy atom. The summed E-state index contributed by atoms with van der Waals surface area (Å²) in [5, 5.41) is 0. The summed E-state index contributed by atoms with van der Waals surface area (Å²) in [6, 6.07) is 0. The number of rotatable bonds is 3. The number of esters is 1. The van der Waals surface area contributed by atoms with E-state index < -0.39 is 11.9 Å². The zero-order valence-corrected chi connectivity index (χ0v) is 9.35. The number of oxazole rings is 1. The Hall–Kier alpha value is -1.85. The molecule has 2 rings (SSSR count). The number of nitrogens with two attached hydrogens (primary N) is 1. The number of primary amides is 1. The first-order valence-electron chi connectivity index (χ1n) is 5.63. The Bertz CT molecular complexity index is 421. The summed E-state index contributed by atoms with van der Waals surface area (Å²) in [6.07, 6.45) is 6.18. The summed E-state index contributed by atoms with van der Waals surface area (Å²) < 4.78 is 10.1. The lowest BCUT2D eigenvalue weighted by Gasteiger charge is -2.20. The van der Waals surface area contributed by atoms with Gasteiger partial charge in [0, 0.05) is 0 Å². The molecule has 0 radical (unpaired) electrons. The molecule has 1 fully saturated rings. The molecule has 1 aliphatic carbocycles. The van der Waals surface area contributed by atoms with Crippen LogP contribution >= 0.6 is 0 Å². The van der Waals surface area contributed by atoms with Crippen molar-refractivity contribution >= 4 is 11.9 Å². The van der Waals surface area contributed by atoms with E-state index in [0.29, 0.717) is 0 Å². The molecular formula is C11H14N2O4. The van der Waals surface area contributed by atoms with Crippen LogP contribution in [0.2, 0.25) is 0 Å². The van der Waals surface area contributed by atoms with Gasteiger partial charge in [0.2, 0.25) is 5.76 Å². The van der Waals surface area contributed by atoms with Gasteiger partial charge in [0.1, 0.15) is 6.10 Å². The van der Waals surface area contributed by atoms with Crippen molar-refractivity contribution in [1.82, 2.24) is 4.98 Å². The van der Waals surface area contributed by atoms with Crippen molar-refractivity contribution < 1.29 is 18.7 Å². The second kappa shape index (κ2) is 4.99. The quantitative estimate of drug-likeness (QED) is 0.800. The predicted octanol–water partition coefficient (Wildman–Crippen LogP) is 1.26. The molecule has 0 bridgehead atoms. The SMILES string of the molecule is NC(=O)c1ncc(C(=O)OC2CCCCC2)o1. The molecule has 6 heteroatoms. The first-order chi connectivity index (χ1) is 8.16. The molecule has 0 saturated heterocycles. The van der Waals surface area contributed by atoms with Gasteiger partial charge in [-0.15, -0.1) is 0 Å². The van der Waals surface area contributed by atoms with E-state index in [9.17, 15) is 9.59 Å². The van der Waals surface area contributed by atoms with E-state index in [-0.39, 0.29) is 17.8 Å². The fraction of sp³-hybridized carbons (Fsp3) is 0.545. The summed E-state index contributed by atoms with van der Waals surface area (Å²) in [6.45, 7) is 0. The maximum atomic E-state index is 11.6. The molecule has 2 N–H and O–H groups in total. The summed E-state index contributed by atoms with van der Waals surface area (Å²) in [7, 11) is 0. The van der Waals surface area contributed by atoms with E-state index >= 15 is 0 Å². The number of ether oxygens (including phenoxy) is 1. The van der Waals surface area contributed by atoms with Crippen LogP contribution in [0.25, 0.3) is 0 Å². The lowest BCUT2D eigenvalue weighted by molar-refractivity contribution is 0.0176. The van der Waals surface area contributed by atoms with Crippen LogP contribution in [0.3, 0.4) is 0 Å². The van der Waals surface area contributed by atoms with Crippen LogP contribution in [0, 0.1) is 0 Å². The third kappa shape index (κ3) is 2.83. The molecule has 1 aliphatic rings. The molecule has 1 heterocycles. The average molecular weight is 238 g/mol. The number of amides is 1. The highest BCUT2D eigenvalue weighted by atomic mass is 16.6. The van der Waals surface area contributed by atoms with Crippen LogP contribution in [0.5, 0.6) is 0 Å². The second-order valence-electron chi connectivity index (χ2n) is 4.06.